The van der Waals surface area contributed by atoms with E-state index in [-0.39, 0.29) is 5.41 Å². The van der Waals surface area contributed by atoms with Gasteiger partial charge in [-0.3, -0.25) is 0 Å². The van der Waals surface area contributed by atoms with Crippen molar-refractivity contribution in [3.05, 3.63) is 151 Å². The number of para-hydroxylation sites is 1. The molecule has 1 aliphatic rings. The Kier molecular flexibility index (Phi) is 5.50. The molecule has 47 heavy (non-hydrogen) atoms. The van der Waals surface area contributed by atoms with Crippen LogP contribution in [0.2, 0.25) is 0 Å². The van der Waals surface area contributed by atoms with Crippen LogP contribution in [0.15, 0.2) is 140 Å². The second-order valence-corrected chi connectivity index (χ2v) is 14.0. The molecular weight excluding hydrogens is 591 g/mol. The molecule has 0 aliphatic heterocycles. The maximum Gasteiger partial charge on any atom is 0.161 e. The summed E-state index contributed by atoms with van der Waals surface area (Å²) in [5.74, 6) is 0.744. The Morgan fingerprint density at radius 2 is 1.28 bits per heavy atom. The van der Waals surface area contributed by atoms with E-state index in [9.17, 15) is 0 Å². The molecule has 3 nitrogen and oxygen atoms in total. The van der Waals surface area contributed by atoms with Crippen LogP contribution in [0.25, 0.3) is 81.6 Å². The van der Waals surface area contributed by atoms with Crippen LogP contribution >= 0.6 is 11.3 Å². The van der Waals surface area contributed by atoms with Crippen molar-refractivity contribution >= 4 is 53.4 Å². The van der Waals surface area contributed by atoms with Gasteiger partial charge in [0.15, 0.2) is 5.82 Å². The second kappa shape index (κ2) is 9.71. The fourth-order valence-corrected chi connectivity index (χ4v) is 8.92. The molecule has 0 unspecified atom stereocenters. The first kappa shape index (κ1) is 26.6. The summed E-state index contributed by atoms with van der Waals surface area (Å²) >= 11 is 1.73. The van der Waals surface area contributed by atoms with Crippen molar-refractivity contribution in [1.82, 2.24) is 14.5 Å². The molecule has 0 amide bonds. The van der Waals surface area contributed by atoms with E-state index in [0.29, 0.717) is 0 Å². The number of fused-ring (bicyclic) bond motifs is 10. The molecular formula is C43H29N3S. The van der Waals surface area contributed by atoms with Crippen LogP contribution in [-0.4, -0.2) is 14.5 Å². The van der Waals surface area contributed by atoms with Crippen molar-refractivity contribution in [3.8, 4) is 39.5 Å². The Balaban J connectivity index is 1.16. The van der Waals surface area contributed by atoms with Gasteiger partial charge in [-0.05, 0) is 64.7 Å². The highest BCUT2D eigenvalue weighted by Gasteiger charge is 2.37. The lowest BCUT2D eigenvalue weighted by Gasteiger charge is -2.21. The first-order chi connectivity index (χ1) is 23.1. The average Bonchev–Trinajstić information content (AvgIpc) is 3.74. The van der Waals surface area contributed by atoms with Gasteiger partial charge in [0, 0.05) is 48.5 Å². The van der Waals surface area contributed by atoms with E-state index in [0.717, 1.165) is 38.5 Å². The maximum atomic E-state index is 5.22. The highest BCUT2D eigenvalue weighted by Crippen LogP contribution is 2.53. The van der Waals surface area contributed by atoms with E-state index >= 15 is 0 Å². The van der Waals surface area contributed by atoms with Gasteiger partial charge in [-0.1, -0.05) is 111 Å². The van der Waals surface area contributed by atoms with Gasteiger partial charge < -0.3 is 4.57 Å². The lowest BCUT2D eigenvalue weighted by Crippen LogP contribution is -2.14. The van der Waals surface area contributed by atoms with Crippen molar-refractivity contribution in [1.29, 1.82) is 0 Å². The van der Waals surface area contributed by atoms with Crippen LogP contribution in [-0.2, 0) is 5.41 Å². The third-order valence-electron chi connectivity index (χ3n) is 10.1. The molecule has 0 spiro atoms. The molecule has 3 heterocycles. The summed E-state index contributed by atoms with van der Waals surface area (Å²) in [4.78, 5) is 11.4. The molecule has 222 valence electrons. The van der Waals surface area contributed by atoms with Gasteiger partial charge in [0.05, 0.1) is 16.7 Å². The molecule has 0 radical (unpaired) electrons. The van der Waals surface area contributed by atoms with E-state index in [1.54, 1.807) is 11.3 Å². The zero-order valence-corrected chi connectivity index (χ0v) is 26.8. The number of rotatable bonds is 3. The predicted octanol–water partition coefficient (Wildman–Crippen LogP) is 11.6. The molecule has 0 bridgehead atoms. The van der Waals surface area contributed by atoms with Crippen LogP contribution in [0.1, 0.15) is 25.0 Å². The fourth-order valence-electron chi connectivity index (χ4n) is 7.85. The van der Waals surface area contributed by atoms with E-state index in [1.165, 1.54) is 54.1 Å². The number of hydrogen-bond donors (Lipinski definition) is 0. The zero-order valence-electron chi connectivity index (χ0n) is 26.0. The number of nitrogens with zero attached hydrogens (tertiary/aromatic N) is 3. The third-order valence-corrected chi connectivity index (χ3v) is 11.1. The van der Waals surface area contributed by atoms with Gasteiger partial charge in [0.25, 0.3) is 0 Å². The molecule has 3 aromatic heterocycles. The third kappa shape index (κ3) is 3.73. The summed E-state index contributed by atoms with van der Waals surface area (Å²) in [5, 5.41) is 4.94. The largest absolute Gasteiger partial charge is 0.309 e. The molecule has 4 heteroatoms. The number of benzene rings is 6. The quantitative estimate of drug-likeness (QED) is 0.197. The number of hydrogen-bond acceptors (Lipinski definition) is 3. The molecule has 1 aliphatic carbocycles. The maximum absolute atomic E-state index is 5.22. The Morgan fingerprint density at radius 3 is 2.13 bits per heavy atom. The van der Waals surface area contributed by atoms with Crippen molar-refractivity contribution in [2.45, 2.75) is 19.3 Å². The van der Waals surface area contributed by atoms with Gasteiger partial charge in [0.1, 0.15) is 4.83 Å². The van der Waals surface area contributed by atoms with Crippen molar-refractivity contribution in [2.24, 2.45) is 0 Å². The topological polar surface area (TPSA) is 30.7 Å². The summed E-state index contributed by atoms with van der Waals surface area (Å²) < 4.78 is 3.64. The van der Waals surface area contributed by atoms with E-state index in [4.69, 9.17) is 9.97 Å². The minimum Gasteiger partial charge on any atom is -0.309 e. The normalized spacial score (nSPS) is 13.5. The predicted molar refractivity (Wildman–Crippen MR) is 198 cm³/mol. The molecule has 6 aromatic carbocycles. The van der Waals surface area contributed by atoms with Gasteiger partial charge in [0.2, 0.25) is 0 Å². The Morgan fingerprint density at radius 1 is 0.553 bits per heavy atom. The zero-order chi connectivity index (χ0) is 31.3. The summed E-state index contributed by atoms with van der Waals surface area (Å²) in [7, 11) is 0. The van der Waals surface area contributed by atoms with Crippen LogP contribution in [0, 0.1) is 0 Å². The molecule has 0 fully saturated rings. The molecule has 10 rings (SSSR count). The Labute approximate surface area is 276 Å². The van der Waals surface area contributed by atoms with Crippen LogP contribution in [0.3, 0.4) is 0 Å². The van der Waals surface area contributed by atoms with Gasteiger partial charge in [-0.15, -0.1) is 11.3 Å². The molecule has 0 saturated carbocycles. The molecule has 0 N–H and O–H groups in total. The minimum atomic E-state index is -0.0426. The summed E-state index contributed by atoms with van der Waals surface area (Å²) in [5.41, 5.74) is 12.1. The van der Waals surface area contributed by atoms with Crippen LogP contribution < -0.4 is 0 Å². The van der Waals surface area contributed by atoms with Gasteiger partial charge in [-0.25, -0.2) is 9.97 Å². The van der Waals surface area contributed by atoms with E-state index in [1.807, 2.05) is 0 Å². The Bertz CT molecular complexity index is 2700. The van der Waals surface area contributed by atoms with Crippen molar-refractivity contribution < 1.29 is 0 Å². The standard InChI is InChI=1S/C43H29N3S/c1-43(2)32-17-9-6-14-29(32)37-33(43)24-25-35-38(37)30-15-7-10-18-34(30)46(35)28-22-20-27(21-23-28)41-44-40(26-12-4-3-5-13-26)39-31-16-8-11-19-36(31)47-42(39)45-41/h3-25H,1-2H3. The Hall–Kier alpha value is -5.58. The molecule has 0 atom stereocenters. The van der Waals surface area contributed by atoms with Crippen LogP contribution in [0.5, 0.6) is 0 Å². The monoisotopic (exact) mass is 619 g/mol. The highest BCUT2D eigenvalue weighted by molar-refractivity contribution is 7.25. The van der Waals surface area contributed by atoms with Gasteiger partial charge >= 0.3 is 0 Å². The average molecular weight is 620 g/mol. The summed E-state index contributed by atoms with van der Waals surface area (Å²) in [6.45, 7) is 4.70. The summed E-state index contributed by atoms with van der Waals surface area (Å²) in [6, 6.07) is 50.2. The van der Waals surface area contributed by atoms with Crippen LogP contribution in [0.4, 0.5) is 0 Å². The summed E-state index contributed by atoms with van der Waals surface area (Å²) in [6.07, 6.45) is 0. The van der Waals surface area contributed by atoms with E-state index < -0.39 is 0 Å². The van der Waals surface area contributed by atoms with E-state index in [2.05, 4.69) is 158 Å². The molecule has 9 aromatic rings. The van der Waals surface area contributed by atoms with Gasteiger partial charge in [-0.2, -0.15) is 0 Å². The second-order valence-electron chi connectivity index (χ2n) is 13.0. The fraction of sp³-hybridized carbons (Fsp3) is 0.0698. The molecule has 0 saturated heterocycles. The first-order valence-corrected chi connectivity index (χ1v) is 16.9. The van der Waals surface area contributed by atoms with Crippen molar-refractivity contribution in [3.63, 3.8) is 0 Å². The smallest absolute Gasteiger partial charge is 0.161 e. The number of aromatic nitrogens is 3. The first-order valence-electron chi connectivity index (χ1n) is 16.1. The SMILES string of the molecule is CC1(C)c2ccccc2-c2c1ccc1c2c2ccccc2n1-c1ccc(-c2nc(-c3ccccc3)c3c(n2)sc2ccccc23)cc1. The van der Waals surface area contributed by atoms with Crippen molar-refractivity contribution in [2.75, 3.05) is 0 Å². The lowest BCUT2D eigenvalue weighted by atomic mass is 9.82. The lowest BCUT2D eigenvalue weighted by molar-refractivity contribution is 0.661. The minimum absolute atomic E-state index is 0.0426. The highest BCUT2D eigenvalue weighted by atomic mass is 32.1. The number of thiophene rings is 1.